The molecule has 0 rings (SSSR count). The van der Waals surface area contributed by atoms with E-state index in [1.807, 2.05) is 6.92 Å². The van der Waals surface area contributed by atoms with E-state index in [-0.39, 0.29) is 5.54 Å². The van der Waals surface area contributed by atoms with Crippen LogP contribution in [0, 0.1) is 0 Å². The van der Waals surface area contributed by atoms with Crippen molar-refractivity contribution in [3.63, 3.8) is 0 Å². The highest BCUT2D eigenvalue weighted by Crippen LogP contribution is 2.09. The molecule has 0 aromatic rings. The van der Waals surface area contributed by atoms with Crippen molar-refractivity contribution in [3.05, 3.63) is 0 Å². The zero-order valence-electron chi connectivity index (χ0n) is 5.58. The molecule has 0 saturated carbocycles. The van der Waals surface area contributed by atoms with Crippen LogP contribution in [0.1, 0.15) is 26.7 Å². The Labute approximate surface area is 56.2 Å². The predicted molar refractivity (Wildman–Crippen MR) is 38.2 cm³/mol. The molecule has 0 amide bonds. The summed E-state index contributed by atoms with van der Waals surface area (Å²) in [4.78, 5) is 0. The van der Waals surface area contributed by atoms with E-state index in [0.29, 0.717) is 5.88 Å². The van der Waals surface area contributed by atoms with Crippen molar-refractivity contribution < 1.29 is 0 Å². The average molecular weight is 136 g/mol. The van der Waals surface area contributed by atoms with Crippen molar-refractivity contribution in [3.8, 4) is 0 Å². The van der Waals surface area contributed by atoms with Gasteiger partial charge >= 0.3 is 0 Å². The fourth-order valence-corrected chi connectivity index (χ4v) is 0.772. The van der Waals surface area contributed by atoms with Crippen molar-refractivity contribution in [1.82, 2.24) is 0 Å². The average Bonchev–Trinajstić information content (AvgIpc) is 1.67. The van der Waals surface area contributed by atoms with E-state index in [4.69, 9.17) is 17.3 Å². The van der Waals surface area contributed by atoms with Gasteiger partial charge in [-0.1, -0.05) is 13.3 Å². The molecule has 0 aromatic heterocycles. The lowest BCUT2D eigenvalue weighted by atomic mass is 10.0. The second kappa shape index (κ2) is 3.31. The Morgan fingerprint density at radius 3 is 2.25 bits per heavy atom. The molecule has 0 radical (unpaired) electrons. The summed E-state index contributed by atoms with van der Waals surface area (Å²) in [6, 6.07) is 0. The lowest BCUT2D eigenvalue weighted by Crippen LogP contribution is -2.37. The Bertz CT molecular complexity index is 61.5. The van der Waals surface area contributed by atoms with Crippen molar-refractivity contribution >= 4 is 11.6 Å². The van der Waals surface area contributed by atoms with Crippen LogP contribution in [-0.4, -0.2) is 11.4 Å². The van der Waals surface area contributed by atoms with Gasteiger partial charge in [-0.25, -0.2) is 0 Å². The molecule has 0 fully saturated rings. The van der Waals surface area contributed by atoms with Gasteiger partial charge in [-0.05, 0) is 13.3 Å². The maximum atomic E-state index is 5.69. The molecule has 2 N–H and O–H groups in total. The molecule has 2 heteroatoms. The molecule has 0 unspecified atom stereocenters. The fourth-order valence-electron chi connectivity index (χ4n) is 0.638. The Hall–Kier alpha value is 0.250. The molecule has 1 atom stereocenters. The van der Waals surface area contributed by atoms with E-state index in [1.165, 1.54) is 0 Å². The summed E-state index contributed by atoms with van der Waals surface area (Å²) in [7, 11) is 0. The summed E-state index contributed by atoms with van der Waals surface area (Å²) >= 11 is 5.55. The molecule has 0 aliphatic carbocycles. The monoisotopic (exact) mass is 135 g/mol. The summed E-state index contributed by atoms with van der Waals surface area (Å²) in [5.41, 5.74) is 5.55. The zero-order chi connectivity index (χ0) is 6.62. The minimum Gasteiger partial charge on any atom is -0.324 e. The minimum atomic E-state index is -0.143. The Balaban J connectivity index is 3.37. The highest BCUT2D eigenvalue weighted by atomic mass is 35.5. The van der Waals surface area contributed by atoms with Crippen LogP contribution in [0.25, 0.3) is 0 Å². The number of halogens is 1. The van der Waals surface area contributed by atoms with Crippen molar-refractivity contribution in [2.45, 2.75) is 32.2 Å². The maximum absolute atomic E-state index is 5.69. The summed E-state index contributed by atoms with van der Waals surface area (Å²) in [5.74, 6) is 0.556. The van der Waals surface area contributed by atoms with Gasteiger partial charge in [0.2, 0.25) is 0 Å². The van der Waals surface area contributed by atoms with Crippen LogP contribution in [0.5, 0.6) is 0 Å². The lowest BCUT2D eigenvalue weighted by Gasteiger charge is -2.19. The molecule has 50 valence electrons. The van der Waals surface area contributed by atoms with Gasteiger partial charge in [0.15, 0.2) is 0 Å². The normalized spacial score (nSPS) is 18.0. The van der Waals surface area contributed by atoms with Crippen LogP contribution in [-0.2, 0) is 0 Å². The summed E-state index contributed by atoms with van der Waals surface area (Å²) in [6.45, 7) is 4.08. The summed E-state index contributed by atoms with van der Waals surface area (Å²) < 4.78 is 0. The molecule has 0 saturated heterocycles. The topological polar surface area (TPSA) is 26.0 Å². The van der Waals surface area contributed by atoms with Crippen LogP contribution in [0.4, 0.5) is 0 Å². The molecular weight excluding hydrogens is 122 g/mol. The summed E-state index contributed by atoms with van der Waals surface area (Å²) in [6.07, 6.45) is 2.12. The van der Waals surface area contributed by atoms with E-state index in [2.05, 4.69) is 6.92 Å². The second-order valence-corrected chi connectivity index (χ2v) is 2.80. The SMILES string of the molecule is CCC[C@](C)(N)CCl. The molecule has 0 aromatic carbocycles. The smallest absolute Gasteiger partial charge is 0.0401 e. The zero-order valence-corrected chi connectivity index (χ0v) is 6.33. The van der Waals surface area contributed by atoms with Crippen LogP contribution in [0.3, 0.4) is 0 Å². The van der Waals surface area contributed by atoms with E-state index >= 15 is 0 Å². The van der Waals surface area contributed by atoms with Gasteiger partial charge in [-0.15, -0.1) is 11.6 Å². The van der Waals surface area contributed by atoms with Gasteiger partial charge < -0.3 is 5.73 Å². The number of nitrogens with two attached hydrogens (primary N) is 1. The lowest BCUT2D eigenvalue weighted by molar-refractivity contribution is 0.476. The molecular formula is C6H14ClN. The number of alkyl halides is 1. The first kappa shape index (κ1) is 8.25. The third-order valence-electron chi connectivity index (χ3n) is 1.13. The van der Waals surface area contributed by atoms with Crippen molar-refractivity contribution in [2.24, 2.45) is 5.73 Å². The second-order valence-electron chi connectivity index (χ2n) is 2.54. The number of rotatable bonds is 3. The highest BCUT2D eigenvalue weighted by Gasteiger charge is 2.13. The van der Waals surface area contributed by atoms with Crippen molar-refractivity contribution in [2.75, 3.05) is 5.88 Å². The molecule has 8 heavy (non-hydrogen) atoms. The Kier molecular flexibility index (Phi) is 3.41. The summed E-state index contributed by atoms with van der Waals surface area (Å²) in [5, 5.41) is 0. The third kappa shape index (κ3) is 3.28. The molecule has 0 aliphatic rings. The predicted octanol–water partition coefficient (Wildman–Crippen LogP) is 1.74. The number of hydrogen-bond donors (Lipinski definition) is 1. The van der Waals surface area contributed by atoms with Gasteiger partial charge in [0.25, 0.3) is 0 Å². The third-order valence-corrected chi connectivity index (χ3v) is 1.74. The van der Waals surface area contributed by atoms with Gasteiger partial charge in [0.05, 0.1) is 0 Å². The molecule has 0 bridgehead atoms. The Morgan fingerprint density at radius 2 is 2.12 bits per heavy atom. The number of hydrogen-bond acceptors (Lipinski definition) is 1. The largest absolute Gasteiger partial charge is 0.324 e. The highest BCUT2D eigenvalue weighted by molar-refractivity contribution is 6.18. The molecule has 1 nitrogen and oxygen atoms in total. The van der Waals surface area contributed by atoms with Gasteiger partial charge in [0, 0.05) is 11.4 Å². The van der Waals surface area contributed by atoms with E-state index in [1.54, 1.807) is 0 Å². The van der Waals surface area contributed by atoms with E-state index in [9.17, 15) is 0 Å². The maximum Gasteiger partial charge on any atom is 0.0401 e. The first-order chi connectivity index (χ1) is 3.62. The quantitative estimate of drug-likeness (QED) is 0.587. The van der Waals surface area contributed by atoms with Crippen LogP contribution in [0.15, 0.2) is 0 Å². The standard InChI is InChI=1S/C6H14ClN/c1-3-4-6(2,8)5-7/h3-5,8H2,1-2H3/t6-/m0/s1. The molecule has 0 aliphatic heterocycles. The minimum absolute atomic E-state index is 0.143. The van der Waals surface area contributed by atoms with Gasteiger partial charge in [-0.3, -0.25) is 0 Å². The van der Waals surface area contributed by atoms with Crippen LogP contribution in [0.2, 0.25) is 0 Å². The van der Waals surface area contributed by atoms with E-state index in [0.717, 1.165) is 12.8 Å². The first-order valence-electron chi connectivity index (χ1n) is 2.97. The molecule has 0 spiro atoms. The van der Waals surface area contributed by atoms with Crippen molar-refractivity contribution in [1.29, 1.82) is 0 Å². The van der Waals surface area contributed by atoms with Gasteiger partial charge in [0.1, 0.15) is 0 Å². The van der Waals surface area contributed by atoms with Crippen LogP contribution < -0.4 is 5.73 Å². The first-order valence-corrected chi connectivity index (χ1v) is 3.50. The Morgan fingerprint density at radius 1 is 1.62 bits per heavy atom. The van der Waals surface area contributed by atoms with Gasteiger partial charge in [-0.2, -0.15) is 0 Å². The fraction of sp³-hybridized carbons (Fsp3) is 1.00. The molecule has 0 heterocycles. The van der Waals surface area contributed by atoms with Crippen LogP contribution >= 0.6 is 11.6 Å². The van der Waals surface area contributed by atoms with E-state index < -0.39 is 0 Å².